The van der Waals surface area contributed by atoms with Crippen LogP contribution in [0.25, 0.3) is 10.6 Å². The van der Waals surface area contributed by atoms with Crippen LogP contribution in [0.4, 0.5) is 13.2 Å². The largest absolute Gasteiger partial charge is 0.485 e. The predicted molar refractivity (Wildman–Crippen MR) is 159 cm³/mol. The Kier molecular flexibility index (Phi) is 11.5. The molecule has 0 aliphatic heterocycles. The number of thiazole rings is 1. The second kappa shape index (κ2) is 14.8. The Balaban J connectivity index is 0.000000575. The van der Waals surface area contributed by atoms with Gasteiger partial charge in [-0.15, -0.1) is 11.3 Å². The van der Waals surface area contributed by atoms with Crippen LogP contribution in [-0.2, 0) is 23.8 Å². The van der Waals surface area contributed by atoms with Crippen molar-refractivity contribution in [1.29, 1.82) is 0 Å². The molecule has 0 spiro atoms. The van der Waals surface area contributed by atoms with Crippen molar-refractivity contribution in [3.8, 4) is 16.3 Å². The molecule has 1 N–H and O–H groups in total. The number of carboxylic acids is 1. The molecule has 0 bridgehead atoms. The lowest BCUT2D eigenvalue weighted by Gasteiger charge is -2.16. The summed E-state index contributed by atoms with van der Waals surface area (Å²) in [7, 11) is 0. The summed E-state index contributed by atoms with van der Waals surface area (Å²) in [5.41, 5.74) is 4.12. The minimum absolute atomic E-state index is 0.0752. The maximum Gasteiger partial charge on any atom is 0.416 e. The highest BCUT2D eigenvalue weighted by molar-refractivity contribution is 7.15. The molecule has 0 fully saturated rings. The number of rotatable bonds is 10. The van der Waals surface area contributed by atoms with Gasteiger partial charge < -0.3 is 9.84 Å². The maximum absolute atomic E-state index is 12.9. The van der Waals surface area contributed by atoms with Crippen molar-refractivity contribution in [2.75, 3.05) is 0 Å². The van der Waals surface area contributed by atoms with Gasteiger partial charge in [0.15, 0.2) is 0 Å². The summed E-state index contributed by atoms with van der Waals surface area (Å²) in [5.74, 6) is -0.156. The Labute approximate surface area is 243 Å². The molecule has 0 radical (unpaired) electrons. The van der Waals surface area contributed by atoms with Crippen molar-refractivity contribution in [3.63, 3.8) is 0 Å². The van der Waals surface area contributed by atoms with Gasteiger partial charge in [-0.1, -0.05) is 67.4 Å². The zero-order valence-corrected chi connectivity index (χ0v) is 24.6. The monoisotopic (exact) mass is 583 g/mol. The van der Waals surface area contributed by atoms with Crippen LogP contribution in [0, 0.1) is 13.8 Å². The summed E-state index contributed by atoms with van der Waals surface area (Å²) in [6.45, 7) is 8.04. The third-order valence-electron chi connectivity index (χ3n) is 6.50. The summed E-state index contributed by atoms with van der Waals surface area (Å²) < 4.78 is 45.0. The van der Waals surface area contributed by atoms with Crippen LogP contribution in [0.2, 0.25) is 0 Å². The Morgan fingerprint density at radius 3 is 2.22 bits per heavy atom. The first-order valence-electron chi connectivity index (χ1n) is 13.6. The number of aryl methyl sites for hydroxylation is 4. The average Bonchev–Trinajstić information content (AvgIpc) is 3.36. The van der Waals surface area contributed by atoms with Crippen molar-refractivity contribution in [3.05, 3.63) is 106 Å². The van der Waals surface area contributed by atoms with Crippen molar-refractivity contribution in [2.45, 2.75) is 72.1 Å². The molecule has 0 aliphatic carbocycles. The number of carbonyl (C=O) groups is 1. The van der Waals surface area contributed by atoms with Gasteiger partial charge in [0.2, 0.25) is 0 Å². The Bertz CT molecular complexity index is 1400. The van der Waals surface area contributed by atoms with Crippen LogP contribution in [0.15, 0.2) is 72.8 Å². The molecule has 1 unspecified atom stereocenters. The molecular formula is C33H36F3NO3S. The number of hydrogen-bond acceptors (Lipinski definition) is 4. The van der Waals surface area contributed by atoms with Crippen molar-refractivity contribution < 1.29 is 27.8 Å². The van der Waals surface area contributed by atoms with Gasteiger partial charge in [0.25, 0.3) is 0 Å². The third-order valence-corrected chi connectivity index (χ3v) is 7.81. The molecule has 4 nitrogen and oxygen atoms in total. The van der Waals surface area contributed by atoms with E-state index in [2.05, 4.69) is 26.0 Å². The van der Waals surface area contributed by atoms with Gasteiger partial charge in [0, 0.05) is 12.0 Å². The van der Waals surface area contributed by atoms with Crippen LogP contribution in [0.5, 0.6) is 5.75 Å². The molecule has 218 valence electrons. The lowest BCUT2D eigenvalue weighted by molar-refractivity contribution is -0.138. The highest BCUT2D eigenvalue weighted by Gasteiger charge is 2.30. The molecule has 1 heterocycles. The number of aromatic nitrogens is 1. The summed E-state index contributed by atoms with van der Waals surface area (Å²) in [4.78, 5) is 16.5. The van der Waals surface area contributed by atoms with E-state index in [-0.39, 0.29) is 12.5 Å². The molecule has 0 aliphatic rings. The third kappa shape index (κ3) is 9.74. The van der Waals surface area contributed by atoms with Gasteiger partial charge in [0.05, 0.1) is 16.1 Å². The molecule has 41 heavy (non-hydrogen) atoms. The Morgan fingerprint density at radius 1 is 1.00 bits per heavy atom. The van der Waals surface area contributed by atoms with E-state index in [0.29, 0.717) is 22.7 Å². The van der Waals surface area contributed by atoms with E-state index in [1.807, 2.05) is 50.2 Å². The van der Waals surface area contributed by atoms with E-state index in [9.17, 15) is 18.0 Å². The summed E-state index contributed by atoms with van der Waals surface area (Å²) in [6, 6.07) is 21.0. The molecule has 0 amide bonds. The van der Waals surface area contributed by atoms with Crippen LogP contribution in [0.3, 0.4) is 0 Å². The molecule has 4 rings (SSSR count). The molecule has 4 aromatic rings. The number of nitrogens with zero attached hydrogens (tertiary/aromatic N) is 1. The molecule has 8 heteroatoms. The summed E-state index contributed by atoms with van der Waals surface area (Å²) >= 11 is 1.44. The van der Waals surface area contributed by atoms with E-state index < -0.39 is 17.7 Å². The quantitative estimate of drug-likeness (QED) is 0.202. The van der Waals surface area contributed by atoms with Gasteiger partial charge in [0.1, 0.15) is 16.9 Å². The molecular weight excluding hydrogens is 547 g/mol. The first kappa shape index (κ1) is 31.9. The topological polar surface area (TPSA) is 59.4 Å². The van der Waals surface area contributed by atoms with E-state index in [1.165, 1.54) is 29.0 Å². The highest BCUT2D eigenvalue weighted by Crippen LogP contribution is 2.37. The molecule has 1 atom stereocenters. The highest BCUT2D eigenvalue weighted by atomic mass is 32.1. The number of unbranched alkanes of at least 4 members (excludes halogenated alkanes) is 1. The van der Waals surface area contributed by atoms with E-state index in [1.54, 1.807) is 0 Å². The minimum Gasteiger partial charge on any atom is -0.485 e. The van der Waals surface area contributed by atoms with Gasteiger partial charge in [-0.3, -0.25) is 4.79 Å². The Hall–Kier alpha value is -3.65. The standard InChI is InChI=1S/C26H28F3NO3S.C7H8/c1-4-5-6-22-24(34-25(30-22)19-7-11-20(12-8-19)26(27,28)29)17(3)33-21-13-9-18(16(2)15-21)10-14-23(31)32;1-7-5-3-2-4-6-7/h7-9,11-13,15,17H,4-6,10,14H2,1-3H3,(H,31,32);2-6H,1H3. The van der Waals surface area contributed by atoms with Crippen LogP contribution in [0.1, 0.15) is 72.0 Å². The molecule has 0 saturated carbocycles. The zero-order valence-electron chi connectivity index (χ0n) is 23.8. The number of aliphatic carboxylic acids is 1. The normalized spacial score (nSPS) is 11.9. The summed E-state index contributed by atoms with van der Waals surface area (Å²) in [6.07, 6.45) is -1.41. The summed E-state index contributed by atoms with van der Waals surface area (Å²) in [5, 5.41) is 9.58. The van der Waals surface area contributed by atoms with E-state index in [4.69, 9.17) is 14.8 Å². The fourth-order valence-corrected chi connectivity index (χ4v) is 5.28. The fraction of sp³-hybridized carbons (Fsp3) is 0.333. The number of alkyl halides is 3. The SMILES string of the molecule is CCCCc1nc(-c2ccc(C(F)(F)F)cc2)sc1C(C)Oc1ccc(CCC(=O)O)c(C)c1.Cc1ccccc1. The molecule has 0 saturated heterocycles. The first-order chi connectivity index (χ1) is 19.5. The lowest BCUT2D eigenvalue weighted by Crippen LogP contribution is -2.05. The lowest BCUT2D eigenvalue weighted by atomic mass is 10.0. The second-order valence-corrected chi connectivity index (χ2v) is 10.9. The minimum atomic E-state index is -4.37. The number of benzene rings is 3. The van der Waals surface area contributed by atoms with Gasteiger partial charge in [-0.25, -0.2) is 4.98 Å². The van der Waals surface area contributed by atoms with Crippen LogP contribution >= 0.6 is 11.3 Å². The number of carboxylic acid groups (broad SMARTS) is 1. The van der Waals surface area contributed by atoms with Crippen LogP contribution < -0.4 is 4.74 Å². The average molecular weight is 584 g/mol. The number of ether oxygens (including phenoxy) is 1. The van der Waals surface area contributed by atoms with E-state index >= 15 is 0 Å². The molecule has 1 aromatic heterocycles. The van der Waals surface area contributed by atoms with Gasteiger partial charge >= 0.3 is 12.1 Å². The van der Waals surface area contributed by atoms with Gasteiger partial charge in [-0.05, 0) is 75.4 Å². The van der Waals surface area contributed by atoms with Crippen molar-refractivity contribution in [2.24, 2.45) is 0 Å². The smallest absolute Gasteiger partial charge is 0.416 e. The number of hydrogen-bond donors (Lipinski definition) is 1. The van der Waals surface area contributed by atoms with Crippen molar-refractivity contribution in [1.82, 2.24) is 4.98 Å². The molecule has 3 aromatic carbocycles. The Morgan fingerprint density at radius 2 is 1.68 bits per heavy atom. The van der Waals surface area contributed by atoms with Crippen molar-refractivity contribution >= 4 is 17.3 Å². The van der Waals surface area contributed by atoms with Gasteiger partial charge in [-0.2, -0.15) is 13.2 Å². The number of halogens is 3. The maximum atomic E-state index is 12.9. The van der Waals surface area contributed by atoms with E-state index in [0.717, 1.165) is 53.1 Å². The van der Waals surface area contributed by atoms with Crippen LogP contribution in [-0.4, -0.2) is 16.1 Å². The first-order valence-corrected chi connectivity index (χ1v) is 14.5. The second-order valence-electron chi connectivity index (χ2n) is 9.91. The fourth-order valence-electron chi connectivity index (χ4n) is 4.19. The predicted octanol–water partition coefficient (Wildman–Crippen LogP) is 9.63. The zero-order chi connectivity index (χ0) is 30.0.